The van der Waals surface area contributed by atoms with Gasteiger partial charge in [0.2, 0.25) is 23.6 Å². The summed E-state index contributed by atoms with van der Waals surface area (Å²) >= 11 is 0. The van der Waals surface area contributed by atoms with Crippen LogP contribution in [0, 0.1) is 0 Å². The van der Waals surface area contributed by atoms with Crippen LogP contribution in [0.3, 0.4) is 0 Å². The molecule has 0 spiro atoms. The lowest BCUT2D eigenvalue weighted by Gasteiger charge is -2.22. The van der Waals surface area contributed by atoms with Crippen molar-refractivity contribution in [1.82, 2.24) is 21.3 Å². The number of aliphatic hydroxyl groups is 1. The average Bonchev–Trinajstić information content (AvgIpc) is 2.91. The lowest BCUT2D eigenvalue weighted by molar-refractivity contribution is -0.144. The second kappa shape index (κ2) is 17.7. The van der Waals surface area contributed by atoms with Gasteiger partial charge in [0.05, 0.1) is 25.6 Å². The fraction of sp³-hybridized carbons (Fsp3) is 0.458. The molecule has 42 heavy (non-hydrogen) atoms. The number of aliphatic imine (C=N–C) groups is 1. The molecular formula is C24H36N8O10. The molecule has 0 aromatic heterocycles. The Labute approximate surface area is 239 Å². The number of hydrogen-bond acceptors (Lipinski definition) is 10. The minimum atomic E-state index is -1.74. The number of carboxylic acid groups (broad SMARTS) is 2. The van der Waals surface area contributed by atoms with Crippen LogP contribution >= 0.6 is 0 Å². The van der Waals surface area contributed by atoms with E-state index in [0.29, 0.717) is 5.56 Å². The average molecular weight is 597 g/mol. The fourth-order valence-electron chi connectivity index (χ4n) is 3.41. The number of nitrogens with zero attached hydrogens (tertiary/aromatic N) is 1. The second-order valence-corrected chi connectivity index (χ2v) is 9.00. The van der Waals surface area contributed by atoms with Crippen molar-refractivity contribution in [2.45, 2.75) is 49.9 Å². The van der Waals surface area contributed by atoms with Crippen LogP contribution in [0.15, 0.2) is 29.3 Å². The molecule has 0 aliphatic rings. The zero-order valence-electron chi connectivity index (χ0n) is 22.5. The van der Waals surface area contributed by atoms with Gasteiger partial charge in [-0.2, -0.15) is 0 Å². The highest BCUT2D eigenvalue weighted by Gasteiger charge is 2.29. The molecular weight excluding hydrogens is 560 g/mol. The van der Waals surface area contributed by atoms with Crippen molar-refractivity contribution in [3.63, 3.8) is 0 Å². The number of aromatic hydroxyl groups is 1. The number of benzene rings is 1. The molecule has 1 aromatic rings. The number of carbonyl (C=O) groups excluding carboxylic acids is 4. The summed E-state index contributed by atoms with van der Waals surface area (Å²) in [6.07, 6.45) is -0.565. The molecule has 0 fully saturated rings. The lowest BCUT2D eigenvalue weighted by Crippen LogP contribution is -2.56. The number of aliphatic carboxylic acids is 2. The summed E-state index contributed by atoms with van der Waals surface area (Å²) in [4.78, 5) is 76.3. The van der Waals surface area contributed by atoms with Crippen LogP contribution in [0.2, 0.25) is 0 Å². The van der Waals surface area contributed by atoms with Crippen LogP contribution < -0.4 is 38.5 Å². The molecule has 0 saturated carbocycles. The minimum absolute atomic E-state index is 0.0304. The number of nitrogens with two attached hydrogens (primary N) is 3. The van der Waals surface area contributed by atoms with Gasteiger partial charge in [0.1, 0.15) is 23.9 Å². The third-order valence-corrected chi connectivity index (χ3v) is 5.56. The molecule has 14 N–H and O–H groups in total. The number of guanidine groups is 1. The quantitative estimate of drug-likeness (QED) is 0.0432. The Morgan fingerprint density at radius 1 is 0.857 bits per heavy atom. The summed E-state index contributed by atoms with van der Waals surface area (Å²) in [7, 11) is 0. The number of nitrogens with one attached hydrogen (secondary N) is 4. The van der Waals surface area contributed by atoms with Gasteiger partial charge in [-0.3, -0.25) is 29.0 Å². The standard InChI is InChI=1S/C24H36N8O10/c25-14(8-12-3-5-13(34)6-4-12)20(38)31-15(2-1-7-28-24(26)27)21(39)29-10-18(35)30-16(9-19(36)37)22(40)32-17(11-33)23(41)42/h3-6,14-17,33-34H,1-2,7-11,25H2,(H,29,39)(H,30,35)(H,31,38)(H,32,40)(H,36,37)(H,41,42)(H4,26,27,28)/t14-,15+,16+,17-/m1/s1. The first-order chi connectivity index (χ1) is 19.7. The third kappa shape index (κ3) is 13.4. The van der Waals surface area contributed by atoms with E-state index in [1.165, 1.54) is 12.1 Å². The van der Waals surface area contributed by atoms with E-state index in [4.69, 9.17) is 32.5 Å². The smallest absolute Gasteiger partial charge is 0.328 e. The highest BCUT2D eigenvalue weighted by molar-refractivity contribution is 5.95. The predicted octanol–water partition coefficient (Wildman–Crippen LogP) is -4.56. The summed E-state index contributed by atoms with van der Waals surface area (Å²) in [6.45, 7) is -1.61. The SMILES string of the molecule is NC(N)=NCCC[C@H](NC(=O)[C@H](N)Cc1ccc(O)cc1)C(=O)NCC(=O)N[C@@H](CC(=O)O)C(=O)N[C@H](CO)C(=O)O. The molecule has 0 aliphatic heterocycles. The first-order valence-electron chi connectivity index (χ1n) is 12.6. The number of amides is 4. The highest BCUT2D eigenvalue weighted by atomic mass is 16.4. The van der Waals surface area contributed by atoms with E-state index in [1.54, 1.807) is 12.1 Å². The van der Waals surface area contributed by atoms with E-state index in [1.807, 2.05) is 5.32 Å². The Hall–Kier alpha value is -4.97. The minimum Gasteiger partial charge on any atom is -0.508 e. The van der Waals surface area contributed by atoms with Crippen molar-refractivity contribution in [2.24, 2.45) is 22.2 Å². The van der Waals surface area contributed by atoms with Crippen LogP contribution in [0.4, 0.5) is 0 Å². The topological polar surface area (TPSA) is 322 Å². The number of phenols is 1. The molecule has 18 heteroatoms. The molecule has 1 aromatic carbocycles. The molecule has 4 amide bonds. The number of phenolic OH excluding ortho intramolecular Hbond substituents is 1. The maximum atomic E-state index is 12.9. The van der Waals surface area contributed by atoms with E-state index in [2.05, 4.69) is 20.9 Å². The molecule has 0 aliphatic carbocycles. The van der Waals surface area contributed by atoms with Crippen LogP contribution in [-0.2, 0) is 35.2 Å². The maximum Gasteiger partial charge on any atom is 0.328 e. The van der Waals surface area contributed by atoms with Gasteiger partial charge in [0.15, 0.2) is 5.96 Å². The van der Waals surface area contributed by atoms with Gasteiger partial charge >= 0.3 is 11.9 Å². The normalized spacial score (nSPS) is 13.4. The monoisotopic (exact) mass is 596 g/mol. The number of carboxylic acids is 2. The van der Waals surface area contributed by atoms with Gasteiger partial charge in [-0.05, 0) is 37.0 Å². The first-order valence-corrected chi connectivity index (χ1v) is 12.6. The van der Waals surface area contributed by atoms with Crippen molar-refractivity contribution in [2.75, 3.05) is 19.7 Å². The summed E-state index contributed by atoms with van der Waals surface area (Å²) in [5.41, 5.74) is 17.2. The molecule has 0 bridgehead atoms. The van der Waals surface area contributed by atoms with E-state index in [-0.39, 0.29) is 37.5 Å². The van der Waals surface area contributed by atoms with Crippen molar-refractivity contribution in [3.8, 4) is 5.75 Å². The van der Waals surface area contributed by atoms with Gasteiger partial charge in [-0.15, -0.1) is 0 Å². The Kier molecular flexibility index (Phi) is 14.7. The summed E-state index contributed by atoms with van der Waals surface area (Å²) in [6, 6.07) is 0.259. The molecule has 18 nitrogen and oxygen atoms in total. The van der Waals surface area contributed by atoms with Crippen LogP contribution in [0.5, 0.6) is 5.75 Å². The summed E-state index contributed by atoms with van der Waals surface area (Å²) in [5, 5.41) is 45.2. The number of aliphatic hydroxyl groups excluding tert-OH is 1. The molecule has 0 unspecified atom stereocenters. The van der Waals surface area contributed by atoms with E-state index < -0.39 is 79.3 Å². The number of carbonyl (C=O) groups is 6. The Balaban J connectivity index is 2.86. The van der Waals surface area contributed by atoms with Crippen molar-refractivity contribution >= 4 is 41.5 Å². The van der Waals surface area contributed by atoms with E-state index in [9.17, 15) is 33.9 Å². The zero-order valence-corrected chi connectivity index (χ0v) is 22.5. The summed E-state index contributed by atoms with van der Waals surface area (Å²) in [5.74, 6) is -6.93. The Morgan fingerprint density at radius 3 is 2.02 bits per heavy atom. The van der Waals surface area contributed by atoms with E-state index in [0.717, 1.165) is 0 Å². The van der Waals surface area contributed by atoms with Gasteiger partial charge in [-0.1, -0.05) is 12.1 Å². The van der Waals surface area contributed by atoms with Crippen molar-refractivity contribution in [3.05, 3.63) is 29.8 Å². The third-order valence-electron chi connectivity index (χ3n) is 5.56. The second-order valence-electron chi connectivity index (χ2n) is 9.00. The van der Waals surface area contributed by atoms with Gasteiger partial charge in [-0.25, -0.2) is 4.79 Å². The predicted molar refractivity (Wildman–Crippen MR) is 145 cm³/mol. The van der Waals surface area contributed by atoms with Crippen molar-refractivity contribution < 1.29 is 49.2 Å². The van der Waals surface area contributed by atoms with Crippen LogP contribution in [0.25, 0.3) is 0 Å². The molecule has 4 atom stereocenters. The maximum absolute atomic E-state index is 12.9. The molecule has 0 heterocycles. The fourth-order valence-corrected chi connectivity index (χ4v) is 3.41. The summed E-state index contributed by atoms with van der Waals surface area (Å²) < 4.78 is 0. The number of rotatable bonds is 18. The van der Waals surface area contributed by atoms with Gasteiger partial charge in [0, 0.05) is 6.54 Å². The van der Waals surface area contributed by atoms with Gasteiger partial charge in [0.25, 0.3) is 0 Å². The Bertz CT molecular complexity index is 1140. The highest BCUT2D eigenvalue weighted by Crippen LogP contribution is 2.11. The zero-order chi connectivity index (χ0) is 31.8. The first kappa shape index (κ1) is 35.1. The van der Waals surface area contributed by atoms with Crippen LogP contribution in [-0.4, -0.2) is 106 Å². The Morgan fingerprint density at radius 2 is 1.48 bits per heavy atom. The van der Waals surface area contributed by atoms with E-state index >= 15 is 0 Å². The largest absolute Gasteiger partial charge is 0.508 e. The van der Waals surface area contributed by atoms with Gasteiger partial charge < -0.3 is 58.9 Å². The molecule has 1 rings (SSSR count). The lowest BCUT2D eigenvalue weighted by atomic mass is 10.0. The molecule has 232 valence electrons. The molecule has 0 saturated heterocycles. The van der Waals surface area contributed by atoms with Crippen molar-refractivity contribution in [1.29, 1.82) is 0 Å². The van der Waals surface area contributed by atoms with Crippen LogP contribution in [0.1, 0.15) is 24.8 Å². The number of hydrogen-bond donors (Lipinski definition) is 11. The molecule has 0 radical (unpaired) electrons.